The van der Waals surface area contributed by atoms with Gasteiger partial charge in [-0.2, -0.15) is 0 Å². The van der Waals surface area contributed by atoms with E-state index in [-0.39, 0.29) is 35.3 Å². The number of pyridine rings is 1. The molecule has 2 aromatic carbocycles. The zero-order valence-corrected chi connectivity index (χ0v) is 19.6. The Morgan fingerprint density at radius 2 is 1.79 bits per heavy atom. The summed E-state index contributed by atoms with van der Waals surface area (Å²) in [6.45, 7) is 5.19. The van der Waals surface area contributed by atoms with Crippen LogP contribution in [0.15, 0.2) is 60.8 Å². The van der Waals surface area contributed by atoms with Gasteiger partial charge in [-0.15, -0.1) is 0 Å². The summed E-state index contributed by atoms with van der Waals surface area (Å²) in [5.74, 6) is -2.71. The van der Waals surface area contributed by atoms with Gasteiger partial charge >= 0.3 is 5.97 Å². The van der Waals surface area contributed by atoms with E-state index in [0.717, 1.165) is 16.7 Å². The van der Waals surface area contributed by atoms with Gasteiger partial charge < -0.3 is 14.6 Å². The highest BCUT2D eigenvalue weighted by molar-refractivity contribution is 5.99. The third-order valence-corrected chi connectivity index (χ3v) is 5.76. The summed E-state index contributed by atoms with van der Waals surface area (Å²) in [5.41, 5.74) is 2.37. The lowest BCUT2D eigenvalue weighted by atomic mass is 9.84. The Labute approximate surface area is 198 Å². The van der Waals surface area contributed by atoms with Gasteiger partial charge in [-0.05, 0) is 42.7 Å². The van der Waals surface area contributed by atoms with Crippen molar-refractivity contribution in [1.29, 1.82) is 0 Å². The minimum Gasteiger partial charge on any atom is -0.503 e. The molecule has 0 saturated heterocycles. The zero-order chi connectivity index (χ0) is 24.8. The molecule has 3 aromatic rings. The Balaban J connectivity index is 1.78. The first-order chi connectivity index (χ1) is 16.2. The number of hydrogen-bond acceptors (Lipinski definition) is 6. The molecule has 1 aromatic heterocycles. The average molecular weight is 466 g/mol. The molecule has 0 spiro atoms. The number of esters is 1. The molecule has 0 saturated carbocycles. The van der Waals surface area contributed by atoms with E-state index in [1.54, 1.807) is 19.9 Å². The van der Waals surface area contributed by atoms with Gasteiger partial charge in [0.05, 0.1) is 13.0 Å². The molecule has 6 nitrogen and oxygen atoms in total. The summed E-state index contributed by atoms with van der Waals surface area (Å²) < 4.78 is 24.5. The first-order valence-electron chi connectivity index (χ1n) is 11.0. The van der Waals surface area contributed by atoms with Crippen molar-refractivity contribution in [3.05, 3.63) is 89.0 Å². The molecule has 34 heavy (non-hydrogen) atoms. The van der Waals surface area contributed by atoms with Crippen LogP contribution in [0.2, 0.25) is 0 Å². The van der Waals surface area contributed by atoms with Gasteiger partial charge in [0.1, 0.15) is 11.9 Å². The molecule has 0 bridgehead atoms. The second-order valence-corrected chi connectivity index (χ2v) is 8.27. The molecule has 0 aliphatic carbocycles. The largest absolute Gasteiger partial charge is 0.503 e. The van der Waals surface area contributed by atoms with Crippen LogP contribution < -0.4 is 4.74 Å². The summed E-state index contributed by atoms with van der Waals surface area (Å²) in [6.07, 6.45) is 0.581. The van der Waals surface area contributed by atoms with Crippen LogP contribution in [0.4, 0.5) is 4.39 Å². The third kappa shape index (κ3) is 5.60. The lowest BCUT2D eigenvalue weighted by molar-refractivity contribution is -0.153. The number of ketones is 1. The Bertz CT molecular complexity index is 1160. The van der Waals surface area contributed by atoms with Crippen molar-refractivity contribution in [2.24, 2.45) is 5.92 Å². The van der Waals surface area contributed by atoms with Crippen molar-refractivity contribution >= 4 is 11.8 Å². The van der Waals surface area contributed by atoms with Crippen molar-refractivity contribution in [2.75, 3.05) is 7.11 Å². The number of ether oxygens (including phenoxy) is 2. The molecule has 0 unspecified atom stereocenters. The van der Waals surface area contributed by atoms with E-state index in [2.05, 4.69) is 4.98 Å². The Morgan fingerprint density at radius 3 is 2.44 bits per heavy atom. The van der Waals surface area contributed by atoms with Crippen LogP contribution in [0, 0.1) is 18.7 Å². The number of carbonyl (C=O) groups excluding carboxylic acids is 2. The fraction of sp³-hybridized carbons (Fsp3) is 0.296. The average Bonchev–Trinajstić information content (AvgIpc) is 2.81. The first-order valence-corrected chi connectivity index (χ1v) is 11.0. The van der Waals surface area contributed by atoms with E-state index in [1.807, 2.05) is 37.3 Å². The van der Waals surface area contributed by atoms with Crippen LogP contribution in [0.3, 0.4) is 0 Å². The molecular formula is C27H28FNO5. The highest BCUT2D eigenvalue weighted by Crippen LogP contribution is 2.33. The van der Waals surface area contributed by atoms with E-state index in [1.165, 1.54) is 31.5 Å². The Morgan fingerprint density at radius 1 is 1.09 bits per heavy atom. The molecule has 1 N–H and O–H groups in total. The number of halogens is 1. The maximum absolute atomic E-state index is 13.7. The number of aryl methyl sites for hydroxylation is 1. The van der Waals surface area contributed by atoms with E-state index in [4.69, 9.17) is 9.47 Å². The molecule has 0 fully saturated rings. The second kappa shape index (κ2) is 10.9. The number of hydrogen-bond donors (Lipinski definition) is 1. The van der Waals surface area contributed by atoms with E-state index in [0.29, 0.717) is 0 Å². The normalized spacial score (nSPS) is 13.6. The molecule has 0 amide bonds. The predicted molar refractivity (Wildman–Crippen MR) is 126 cm³/mol. The number of benzene rings is 2. The number of aromatic hydroxyl groups is 1. The summed E-state index contributed by atoms with van der Waals surface area (Å²) in [6, 6.07) is 15.5. The van der Waals surface area contributed by atoms with Gasteiger partial charge in [-0.3, -0.25) is 9.59 Å². The third-order valence-electron chi connectivity index (χ3n) is 5.76. The van der Waals surface area contributed by atoms with E-state index >= 15 is 0 Å². The van der Waals surface area contributed by atoms with E-state index in [9.17, 15) is 19.1 Å². The maximum atomic E-state index is 13.7. The van der Waals surface area contributed by atoms with Gasteiger partial charge in [0.25, 0.3) is 0 Å². The number of methoxy groups -OCH3 is 1. The number of Topliss-reactive ketones (excluding diaryl/α,β-unsaturated/α-hetero) is 1. The molecule has 7 heteroatoms. The Kier molecular flexibility index (Phi) is 7.99. The lowest BCUT2D eigenvalue weighted by Gasteiger charge is -2.27. The molecular weight excluding hydrogens is 437 g/mol. The number of rotatable bonds is 9. The van der Waals surface area contributed by atoms with Crippen LogP contribution in [-0.2, 0) is 9.53 Å². The van der Waals surface area contributed by atoms with Crippen molar-refractivity contribution in [3.63, 3.8) is 0 Å². The second-order valence-electron chi connectivity index (χ2n) is 8.27. The quantitative estimate of drug-likeness (QED) is 0.345. The predicted octanol–water partition coefficient (Wildman–Crippen LogP) is 5.22. The number of carbonyl (C=O) groups is 2. The summed E-state index contributed by atoms with van der Waals surface area (Å²) in [5, 5.41) is 10.2. The fourth-order valence-corrected chi connectivity index (χ4v) is 3.98. The molecule has 3 atom stereocenters. The lowest BCUT2D eigenvalue weighted by Crippen LogP contribution is -2.28. The van der Waals surface area contributed by atoms with Crippen molar-refractivity contribution < 1.29 is 28.6 Å². The highest BCUT2D eigenvalue weighted by atomic mass is 19.1. The smallest absolute Gasteiger partial charge is 0.309 e. The minimum absolute atomic E-state index is 0.127. The van der Waals surface area contributed by atoms with Gasteiger partial charge in [0.15, 0.2) is 23.0 Å². The topological polar surface area (TPSA) is 85.7 Å². The van der Waals surface area contributed by atoms with Gasteiger partial charge in [-0.1, -0.05) is 43.3 Å². The SMILES string of the molecule is COc1ccnc(C(=O)C[C@@H](C)C(=O)O[C@@H](C)[C@@H](c2ccccc2)c2ccc(F)cc2C)c1O. The van der Waals surface area contributed by atoms with Crippen molar-refractivity contribution in [1.82, 2.24) is 4.98 Å². The van der Waals surface area contributed by atoms with Crippen LogP contribution in [0.5, 0.6) is 11.5 Å². The van der Waals surface area contributed by atoms with Crippen LogP contribution in [0.25, 0.3) is 0 Å². The van der Waals surface area contributed by atoms with Crippen molar-refractivity contribution in [3.8, 4) is 11.5 Å². The summed E-state index contributed by atoms with van der Waals surface area (Å²) in [7, 11) is 1.37. The van der Waals surface area contributed by atoms with Gasteiger partial charge in [0, 0.05) is 24.6 Å². The monoisotopic (exact) mass is 465 g/mol. The molecule has 0 aliphatic heterocycles. The Hall–Kier alpha value is -3.74. The van der Waals surface area contributed by atoms with Gasteiger partial charge in [-0.25, -0.2) is 9.37 Å². The van der Waals surface area contributed by atoms with Crippen LogP contribution >= 0.6 is 0 Å². The van der Waals surface area contributed by atoms with Crippen molar-refractivity contribution in [2.45, 2.75) is 39.2 Å². The van der Waals surface area contributed by atoms with Gasteiger partial charge in [0.2, 0.25) is 0 Å². The minimum atomic E-state index is -0.770. The number of nitrogens with zero attached hydrogens (tertiary/aromatic N) is 1. The zero-order valence-electron chi connectivity index (χ0n) is 19.6. The molecule has 0 aliphatic rings. The first kappa shape index (κ1) is 24.9. The van der Waals surface area contributed by atoms with Crippen LogP contribution in [-0.4, -0.2) is 35.1 Å². The number of aromatic nitrogens is 1. The summed E-state index contributed by atoms with van der Waals surface area (Å²) in [4.78, 5) is 29.5. The molecule has 1 heterocycles. The molecule has 0 radical (unpaired) electrons. The maximum Gasteiger partial charge on any atom is 0.309 e. The molecule has 178 valence electrons. The fourth-order valence-electron chi connectivity index (χ4n) is 3.98. The highest BCUT2D eigenvalue weighted by Gasteiger charge is 2.29. The standard InChI is InChI=1S/C27H28FNO5/c1-16-14-20(28)10-11-21(16)24(19-8-6-5-7-9-19)18(3)34-27(32)17(2)15-22(30)25-26(31)23(33-4)12-13-29-25/h5-14,17-18,24,31H,15H2,1-4H3/t17-,18+,24+/m1/s1. The van der Waals surface area contributed by atoms with Crippen LogP contribution in [0.1, 0.15) is 53.4 Å². The summed E-state index contributed by atoms with van der Waals surface area (Å²) >= 11 is 0. The van der Waals surface area contributed by atoms with E-state index < -0.39 is 23.8 Å². The molecule has 3 rings (SSSR count).